The number of halogens is 1. The quantitative estimate of drug-likeness (QED) is 0.794. The molecule has 1 aromatic rings. The Morgan fingerprint density at radius 1 is 1.56 bits per heavy atom. The number of nitrogens with zero attached hydrogens (tertiary/aromatic N) is 3. The number of aromatic nitrogens is 2. The molecule has 0 N–H and O–H groups in total. The second-order valence-electron chi connectivity index (χ2n) is 4.06. The van der Waals surface area contributed by atoms with E-state index in [1.54, 1.807) is 6.33 Å². The van der Waals surface area contributed by atoms with E-state index in [9.17, 15) is 0 Å². The van der Waals surface area contributed by atoms with E-state index in [1.165, 1.54) is 12.8 Å². The highest BCUT2D eigenvalue weighted by molar-refractivity contribution is 14.1. The largest absolute Gasteiger partial charge is 0.376 e. The Bertz CT molecular complexity index is 342. The first-order valence-electron chi connectivity index (χ1n) is 5.55. The van der Waals surface area contributed by atoms with Gasteiger partial charge in [-0.2, -0.15) is 0 Å². The van der Waals surface area contributed by atoms with Crippen molar-refractivity contribution in [3.05, 3.63) is 16.1 Å². The van der Waals surface area contributed by atoms with Gasteiger partial charge >= 0.3 is 0 Å². The number of ether oxygens (including phenoxy) is 1. The zero-order valence-electron chi connectivity index (χ0n) is 9.40. The lowest BCUT2D eigenvalue weighted by molar-refractivity contribution is 0.0215. The lowest BCUT2D eigenvalue weighted by Crippen LogP contribution is -2.34. The summed E-state index contributed by atoms with van der Waals surface area (Å²) in [4.78, 5) is 10.4. The molecule has 1 atom stereocenters. The molecule has 2 rings (SSSR count). The number of hydrogen-bond donors (Lipinski definition) is 0. The van der Waals surface area contributed by atoms with Crippen molar-refractivity contribution in [3.63, 3.8) is 0 Å². The van der Waals surface area contributed by atoms with Crippen LogP contribution in [0, 0.1) is 3.57 Å². The van der Waals surface area contributed by atoms with Gasteiger partial charge in [0.2, 0.25) is 0 Å². The van der Waals surface area contributed by atoms with Crippen LogP contribution < -0.4 is 4.90 Å². The molecule has 1 aliphatic rings. The molecule has 0 radical (unpaired) electrons. The zero-order valence-corrected chi connectivity index (χ0v) is 11.6. The van der Waals surface area contributed by atoms with Crippen LogP contribution in [0.3, 0.4) is 0 Å². The first-order chi connectivity index (χ1) is 7.77. The van der Waals surface area contributed by atoms with Gasteiger partial charge in [0.05, 0.1) is 9.67 Å². The van der Waals surface area contributed by atoms with E-state index < -0.39 is 0 Å². The Hall–Kier alpha value is -0.430. The number of hydrogen-bond acceptors (Lipinski definition) is 4. The van der Waals surface area contributed by atoms with E-state index in [1.807, 2.05) is 6.20 Å². The lowest BCUT2D eigenvalue weighted by atomic mass is 10.1. The third-order valence-electron chi connectivity index (χ3n) is 2.76. The molecule has 0 aliphatic carbocycles. The van der Waals surface area contributed by atoms with Crippen LogP contribution in [-0.2, 0) is 4.74 Å². The predicted octanol–water partition coefficient (Wildman–Crippen LogP) is 2.09. The van der Waals surface area contributed by atoms with Gasteiger partial charge in [-0.3, -0.25) is 0 Å². The summed E-state index contributed by atoms with van der Waals surface area (Å²) in [7, 11) is 2.06. The van der Waals surface area contributed by atoms with Gasteiger partial charge in [-0.05, 0) is 41.9 Å². The van der Waals surface area contributed by atoms with Crippen molar-refractivity contribution in [2.75, 3.05) is 25.1 Å². The van der Waals surface area contributed by atoms with E-state index in [-0.39, 0.29) is 0 Å². The van der Waals surface area contributed by atoms with Crippen molar-refractivity contribution in [2.24, 2.45) is 0 Å². The fourth-order valence-corrected chi connectivity index (χ4v) is 2.64. The van der Waals surface area contributed by atoms with Gasteiger partial charge in [-0.15, -0.1) is 0 Å². The van der Waals surface area contributed by atoms with Gasteiger partial charge in [0, 0.05) is 26.4 Å². The monoisotopic (exact) mass is 333 g/mol. The smallest absolute Gasteiger partial charge is 0.145 e. The molecular weight excluding hydrogens is 317 g/mol. The van der Waals surface area contributed by atoms with Crippen LogP contribution >= 0.6 is 22.6 Å². The maximum absolute atomic E-state index is 5.72. The average molecular weight is 333 g/mol. The van der Waals surface area contributed by atoms with E-state index in [0.29, 0.717) is 6.10 Å². The molecule has 1 aromatic heterocycles. The standard InChI is InChI=1S/C11H16IN3O/c1-15(7-9-4-2-3-5-16-9)11-10(12)6-13-8-14-11/h6,8-9H,2-5,7H2,1H3. The van der Waals surface area contributed by atoms with Crippen LogP contribution in [0.2, 0.25) is 0 Å². The summed E-state index contributed by atoms with van der Waals surface area (Å²) in [5.41, 5.74) is 0. The van der Waals surface area contributed by atoms with E-state index in [2.05, 4.69) is 44.5 Å². The van der Waals surface area contributed by atoms with Gasteiger partial charge in [0.15, 0.2) is 0 Å². The number of rotatable bonds is 3. The van der Waals surface area contributed by atoms with Gasteiger partial charge in [0.1, 0.15) is 12.1 Å². The molecule has 2 heterocycles. The summed E-state index contributed by atoms with van der Waals surface area (Å²) in [5.74, 6) is 0.991. The van der Waals surface area contributed by atoms with Gasteiger partial charge < -0.3 is 9.64 Å². The Morgan fingerprint density at radius 2 is 2.44 bits per heavy atom. The highest BCUT2D eigenvalue weighted by atomic mass is 127. The summed E-state index contributed by atoms with van der Waals surface area (Å²) < 4.78 is 6.80. The van der Waals surface area contributed by atoms with E-state index in [0.717, 1.165) is 29.0 Å². The summed E-state index contributed by atoms with van der Waals surface area (Å²) >= 11 is 2.26. The molecular formula is C11H16IN3O. The van der Waals surface area contributed by atoms with Crippen molar-refractivity contribution in [1.29, 1.82) is 0 Å². The minimum absolute atomic E-state index is 0.351. The van der Waals surface area contributed by atoms with E-state index >= 15 is 0 Å². The van der Waals surface area contributed by atoms with Crippen LogP contribution in [0.5, 0.6) is 0 Å². The first kappa shape index (κ1) is 12.0. The molecule has 1 fully saturated rings. The van der Waals surface area contributed by atoms with Gasteiger partial charge in [0.25, 0.3) is 0 Å². The predicted molar refractivity (Wildman–Crippen MR) is 71.6 cm³/mol. The normalized spacial score (nSPS) is 20.8. The Labute approximate surface area is 110 Å². The summed E-state index contributed by atoms with van der Waals surface area (Å²) in [6, 6.07) is 0. The summed E-state index contributed by atoms with van der Waals surface area (Å²) in [5, 5.41) is 0. The van der Waals surface area contributed by atoms with Gasteiger partial charge in [-0.25, -0.2) is 9.97 Å². The number of likely N-dealkylation sites (N-methyl/N-ethyl adjacent to an activating group) is 1. The lowest BCUT2D eigenvalue weighted by Gasteiger charge is -2.28. The molecule has 16 heavy (non-hydrogen) atoms. The molecule has 1 saturated heterocycles. The highest BCUT2D eigenvalue weighted by Crippen LogP contribution is 2.19. The molecule has 0 spiro atoms. The molecule has 88 valence electrons. The second kappa shape index (κ2) is 5.77. The Balaban J connectivity index is 1.96. The molecule has 0 saturated carbocycles. The Kier molecular flexibility index (Phi) is 4.34. The third-order valence-corrected chi connectivity index (χ3v) is 3.52. The van der Waals surface area contributed by atoms with Crippen LogP contribution in [0.4, 0.5) is 5.82 Å². The van der Waals surface area contributed by atoms with Crippen LogP contribution in [0.25, 0.3) is 0 Å². The molecule has 4 nitrogen and oxygen atoms in total. The minimum Gasteiger partial charge on any atom is -0.376 e. The van der Waals surface area contributed by atoms with Crippen molar-refractivity contribution < 1.29 is 4.74 Å². The van der Waals surface area contributed by atoms with E-state index in [4.69, 9.17) is 4.74 Å². The van der Waals surface area contributed by atoms with Crippen LogP contribution in [-0.4, -0.2) is 36.3 Å². The maximum atomic E-state index is 5.72. The fraction of sp³-hybridized carbons (Fsp3) is 0.636. The first-order valence-corrected chi connectivity index (χ1v) is 6.63. The molecule has 5 heteroatoms. The van der Waals surface area contributed by atoms with Crippen molar-refractivity contribution in [1.82, 2.24) is 9.97 Å². The third kappa shape index (κ3) is 3.04. The maximum Gasteiger partial charge on any atom is 0.145 e. The summed E-state index contributed by atoms with van der Waals surface area (Å²) in [6.45, 7) is 1.81. The Morgan fingerprint density at radius 3 is 3.12 bits per heavy atom. The molecule has 0 amide bonds. The van der Waals surface area contributed by atoms with Crippen molar-refractivity contribution >= 4 is 28.4 Å². The zero-order chi connectivity index (χ0) is 11.4. The fourth-order valence-electron chi connectivity index (χ4n) is 1.93. The topological polar surface area (TPSA) is 38.2 Å². The molecule has 1 unspecified atom stereocenters. The van der Waals surface area contributed by atoms with Crippen LogP contribution in [0.15, 0.2) is 12.5 Å². The van der Waals surface area contributed by atoms with Crippen molar-refractivity contribution in [3.8, 4) is 0 Å². The SMILES string of the molecule is CN(CC1CCCCO1)c1ncncc1I. The molecule has 0 aromatic carbocycles. The minimum atomic E-state index is 0.351. The number of anilines is 1. The van der Waals surface area contributed by atoms with Crippen molar-refractivity contribution in [2.45, 2.75) is 25.4 Å². The highest BCUT2D eigenvalue weighted by Gasteiger charge is 2.17. The molecule has 1 aliphatic heterocycles. The summed E-state index contributed by atoms with van der Waals surface area (Å²) in [6.07, 6.45) is 7.41. The average Bonchev–Trinajstić information content (AvgIpc) is 2.31. The molecule has 0 bridgehead atoms. The van der Waals surface area contributed by atoms with Crippen LogP contribution in [0.1, 0.15) is 19.3 Å². The van der Waals surface area contributed by atoms with Gasteiger partial charge in [-0.1, -0.05) is 0 Å². The second-order valence-corrected chi connectivity index (χ2v) is 5.23.